The Hall–Kier alpha value is -1.38. The van der Waals surface area contributed by atoms with Gasteiger partial charge in [-0.05, 0) is 12.1 Å². The second-order valence-electron chi connectivity index (χ2n) is 7.41. The number of ketones is 2. The zero-order valence-corrected chi connectivity index (χ0v) is 27.2. The SMILES string of the molecule is O=C1c2c(NCS(=O)(=O)O)cc(S(=O)(=O)[O-])c(O)c2C(=O)c2c(NCS(=O)(=O)O)cc(S(=O)(=O)[O-])c(O)c21.[Na+].[Na+]. The van der Waals surface area contributed by atoms with Crippen molar-refractivity contribution in [3.8, 4) is 11.5 Å². The number of hydrogen-bond acceptors (Lipinski definition) is 16. The fourth-order valence-corrected chi connectivity index (χ4v) is 5.34. The molecule has 6 N–H and O–H groups in total. The Kier molecular flexibility index (Phi) is 11.1. The van der Waals surface area contributed by atoms with Crippen LogP contribution in [0.15, 0.2) is 21.9 Å². The maximum atomic E-state index is 13.4. The average Bonchev–Trinajstić information content (AvgIpc) is 2.72. The first-order chi connectivity index (χ1) is 17.0. The first kappa shape index (κ1) is 36.6. The third kappa shape index (κ3) is 7.52. The molecule has 1 aliphatic carbocycles. The fraction of sp³-hybridized carbons (Fsp3) is 0.125. The van der Waals surface area contributed by atoms with Gasteiger partial charge in [0.2, 0.25) is 11.6 Å². The van der Waals surface area contributed by atoms with Gasteiger partial charge in [-0.1, -0.05) is 0 Å². The normalized spacial score (nSPS) is 13.4. The zero-order chi connectivity index (χ0) is 29.2. The van der Waals surface area contributed by atoms with Crippen LogP contribution in [0.5, 0.6) is 11.5 Å². The van der Waals surface area contributed by atoms with Crippen LogP contribution in [-0.2, 0) is 40.5 Å². The molecule has 0 saturated heterocycles. The molecule has 18 nitrogen and oxygen atoms in total. The summed E-state index contributed by atoms with van der Waals surface area (Å²) in [6, 6.07) is 0.418. The van der Waals surface area contributed by atoms with Gasteiger partial charge >= 0.3 is 59.1 Å². The Morgan fingerprint density at radius 3 is 1.10 bits per heavy atom. The van der Waals surface area contributed by atoms with E-state index >= 15 is 0 Å². The van der Waals surface area contributed by atoms with E-state index in [0.29, 0.717) is 0 Å². The van der Waals surface area contributed by atoms with Gasteiger partial charge in [-0.3, -0.25) is 18.7 Å². The molecule has 0 amide bonds. The van der Waals surface area contributed by atoms with Crippen molar-refractivity contribution in [3.05, 3.63) is 34.4 Å². The Morgan fingerprint density at radius 2 is 0.875 bits per heavy atom. The molecule has 0 spiro atoms. The van der Waals surface area contributed by atoms with E-state index in [-0.39, 0.29) is 71.2 Å². The summed E-state index contributed by atoms with van der Waals surface area (Å²) in [5.41, 5.74) is -6.85. The van der Waals surface area contributed by atoms with Crippen LogP contribution in [0, 0.1) is 0 Å². The van der Waals surface area contributed by atoms with Crippen molar-refractivity contribution in [2.75, 3.05) is 22.4 Å². The van der Waals surface area contributed by atoms with E-state index in [1.807, 2.05) is 10.6 Å². The third-order valence-electron chi connectivity index (χ3n) is 4.87. The van der Waals surface area contributed by atoms with E-state index in [0.717, 1.165) is 0 Å². The van der Waals surface area contributed by atoms with Gasteiger partial charge in [0.25, 0.3) is 20.2 Å². The Morgan fingerprint density at radius 1 is 0.600 bits per heavy atom. The third-order valence-corrected chi connectivity index (χ3v) is 7.58. The summed E-state index contributed by atoms with van der Waals surface area (Å²) in [5.74, 6) is -9.52. The molecule has 3 rings (SSSR count). The summed E-state index contributed by atoms with van der Waals surface area (Å²) in [5, 5.41) is 24.5. The van der Waals surface area contributed by atoms with Crippen molar-refractivity contribution in [1.29, 1.82) is 0 Å². The Labute approximate surface area is 269 Å². The summed E-state index contributed by atoms with van der Waals surface area (Å²) in [4.78, 5) is 23.6. The molecule has 0 aromatic heterocycles. The first-order valence-corrected chi connectivity index (χ1v) is 15.3. The van der Waals surface area contributed by atoms with Crippen LogP contribution >= 0.6 is 0 Å². The van der Waals surface area contributed by atoms with Crippen molar-refractivity contribution in [2.45, 2.75) is 9.79 Å². The molecule has 0 saturated carbocycles. The van der Waals surface area contributed by atoms with Gasteiger partial charge in [0.15, 0.2) is 0 Å². The topological polar surface area (TPSA) is 322 Å². The number of anilines is 2. The van der Waals surface area contributed by atoms with Gasteiger partial charge in [0.1, 0.15) is 43.5 Å². The van der Waals surface area contributed by atoms with E-state index in [1.54, 1.807) is 0 Å². The van der Waals surface area contributed by atoms with Crippen LogP contribution in [0.2, 0.25) is 0 Å². The molecular weight excluding hydrogens is 650 g/mol. The molecule has 40 heavy (non-hydrogen) atoms. The molecule has 1 aliphatic rings. The summed E-state index contributed by atoms with van der Waals surface area (Å²) >= 11 is 0. The molecule has 0 aliphatic heterocycles. The zero-order valence-electron chi connectivity index (χ0n) is 19.9. The molecular formula is C16H12N2Na2O16S4. The molecule has 2 aromatic rings. The van der Waals surface area contributed by atoms with Gasteiger partial charge in [0, 0.05) is 11.4 Å². The standard InChI is InChI=1S/C16H14N2O16S4.2Na/c19-13-7(37(29,30)31)1-5(17-3-35(23,24)25)9-11(13)16(22)10-6(18-4-36(26,27)28)2-8(38(32,33)34)14(20)12(10)15(9)21;;/h1-2,17-20H,3-4H2,(H,23,24,25)(H,26,27,28)(H,29,30,31)(H,32,33,34);;/q;2*+1/p-2. The van der Waals surface area contributed by atoms with Crippen LogP contribution in [0.1, 0.15) is 31.8 Å². The number of nitrogens with one attached hydrogen (secondary N) is 2. The summed E-state index contributed by atoms with van der Waals surface area (Å²) < 4.78 is 133. The summed E-state index contributed by atoms with van der Waals surface area (Å²) in [6.07, 6.45) is 0. The van der Waals surface area contributed by atoms with Crippen LogP contribution in [0.4, 0.5) is 11.4 Å². The number of aromatic hydroxyl groups is 2. The first-order valence-electron chi connectivity index (χ1n) is 9.23. The van der Waals surface area contributed by atoms with Crippen molar-refractivity contribution in [2.24, 2.45) is 0 Å². The second kappa shape index (κ2) is 12.1. The number of phenols is 2. The van der Waals surface area contributed by atoms with E-state index in [1.165, 1.54) is 0 Å². The second-order valence-corrected chi connectivity index (χ2v) is 13.0. The largest absolute Gasteiger partial charge is 1.00 e. The monoisotopic (exact) mass is 662 g/mol. The molecule has 24 heteroatoms. The molecule has 0 unspecified atom stereocenters. The predicted molar refractivity (Wildman–Crippen MR) is 119 cm³/mol. The van der Waals surface area contributed by atoms with Crippen molar-refractivity contribution < 1.29 is 131 Å². The molecule has 0 atom stereocenters. The minimum absolute atomic E-state index is 0. The van der Waals surface area contributed by atoms with Crippen LogP contribution in [0.25, 0.3) is 0 Å². The smallest absolute Gasteiger partial charge is 0.744 e. The average molecular weight is 663 g/mol. The molecule has 0 fully saturated rings. The molecule has 0 heterocycles. The summed E-state index contributed by atoms with van der Waals surface area (Å²) in [6.45, 7) is 0. The number of hydrogen-bond donors (Lipinski definition) is 6. The molecule has 2 aromatic carbocycles. The maximum Gasteiger partial charge on any atom is 1.00 e. The van der Waals surface area contributed by atoms with E-state index in [2.05, 4.69) is 0 Å². The maximum absolute atomic E-state index is 13.4. The number of phenolic OH excluding ortho intramolecular Hbond substituents is 2. The summed E-state index contributed by atoms with van der Waals surface area (Å²) in [7, 11) is -21.1. The Bertz CT molecular complexity index is 1730. The van der Waals surface area contributed by atoms with Crippen molar-refractivity contribution >= 4 is 63.4 Å². The van der Waals surface area contributed by atoms with Gasteiger partial charge < -0.3 is 30.0 Å². The van der Waals surface area contributed by atoms with Crippen LogP contribution < -0.4 is 69.7 Å². The van der Waals surface area contributed by atoms with Gasteiger partial charge in [-0.25, -0.2) is 16.8 Å². The number of benzene rings is 2. The van der Waals surface area contributed by atoms with Gasteiger partial charge in [0.05, 0.1) is 32.0 Å². The van der Waals surface area contributed by atoms with Crippen LogP contribution in [-0.4, -0.2) is 85.4 Å². The minimum atomic E-state index is -5.65. The minimum Gasteiger partial charge on any atom is -0.744 e. The van der Waals surface area contributed by atoms with Crippen molar-refractivity contribution in [1.82, 2.24) is 0 Å². The number of carbonyl (C=O) groups is 2. The molecule has 0 radical (unpaired) electrons. The molecule has 0 bridgehead atoms. The van der Waals surface area contributed by atoms with E-state index in [4.69, 9.17) is 9.11 Å². The fourth-order valence-electron chi connectivity index (χ4n) is 3.46. The Balaban J connectivity index is 0.00000400. The quantitative estimate of drug-likeness (QED) is 0.0741. The van der Waals surface area contributed by atoms with Crippen LogP contribution in [0.3, 0.4) is 0 Å². The van der Waals surface area contributed by atoms with Gasteiger partial charge in [-0.2, -0.15) is 16.8 Å². The number of carbonyl (C=O) groups excluding carboxylic acids is 2. The molecule has 208 valence electrons. The van der Waals surface area contributed by atoms with Crippen molar-refractivity contribution in [3.63, 3.8) is 0 Å². The van der Waals surface area contributed by atoms with E-state index in [9.17, 15) is 62.6 Å². The predicted octanol–water partition coefficient (Wildman–Crippen LogP) is -7.80. The number of rotatable bonds is 8. The number of fused-ring (bicyclic) bond motifs is 2. The van der Waals surface area contributed by atoms with E-state index < -0.39 is 119 Å². The van der Waals surface area contributed by atoms with Gasteiger partial charge in [-0.15, -0.1) is 0 Å².